The summed E-state index contributed by atoms with van der Waals surface area (Å²) < 4.78 is 0. The average Bonchev–Trinajstić information content (AvgIpc) is 2.05. The number of carbonyl (C=O) groups excluding carboxylic acids is 1. The van der Waals surface area contributed by atoms with Crippen molar-refractivity contribution in [3.8, 4) is 0 Å². The predicted molar refractivity (Wildman–Crippen MR) is 48.8 cm³/mol. The van der Waals surface area contributed by atoms with Gasteiger partial charge in [-0.25, -0.2) is 0 Å². The summed E-state index contributed by atoms with van der Waals surface area (Å²) in [5.74, 6) is 2.52. The lowest BCUT2D eigenvalue weighted by atomic mass is 9.45. The van der Waals surface area contributed by atoms with Crippen LogP contribution in [0.15, 0.2) is 0 Å². The van der Waals surface area contributed by atoms with Crippen molar-refractivity contribution in [2.45, 2.75) is 39.5 Å². The van der Waals surface area contributed by atoms with Crippen LogP contribution in [0.1, 0.15) is 39.5 Å². The molecule has 0 aromatic rings. The molecule has 3 aliphatic rings. The summed E-state index contributed by atoms with van der Waals surface area (Å²) in [5.41, 5.74) is 0.548. The summed E-state index contributed by atoms with van der Waals surface area (Å²) >= 11 is 0. The van der Waals surface area contributed by atoms with Crippen molar-refractivity contribution in [3.05, 3.63) is 0 Å². The normalized spacial score (nSPS) is 43.3. The van der Waals surface area contributed by atoms with Gasteiger partial charge in [0.15, 0.2) is 0 Å². The van der Waals surface area contributed by atoms with Crippen LogP contribution in [0.3, 0.4) is 0 Å². The molecule has 1 heteroatoms. The molecule has 12 heavy (non-hydrogen) atoms. The van der Waals surface area contributed by atoms with Crippen LogP contribution in [0.2, 0.25) is 0 Å². The Bertz CT molecular complexity index is 193. The molecule has 68 valence electrons. The Balaban J connectivity index is 2.05. The van der Waals surface area contributed by atoms with Crippen LogP contribution in [-0.2, 0) is 4.79 Å². The van der Waals surface area contributed by atoms with E-state index in [9.17, 15) is 4.79 Å². The molecule has 0 amide bonds. The largest absolute Gasteiger partial charge is 0.303 e. The van der Waals surface area contributed by atoms with Crippen LogP contribution >= 0.6 is 0 Å². The molecule has 0 saturated heterocycles. The van der Waals surface area contributed by atoms with Crippen LogP contribution in [0.4, 0.5) is 0 Å². The topological polar surface area (TPSA) is 17.1 Å². The second-order valence-corrected chi connectivity index (χ2v) is 5.10. The Kier molecular flexibility index (Phi) is 1.78. The Morgan fingerprint density at radius 3 is 2.67 bits per heavy atom. The molecule has 0 aromatic heterocycles. The molecule has 0 heterocycles. The molecule has 0 aliphatic heterocycles. The SMILES string of the molecule is CC1(C)[C@H]2CC[C@H](CC=O)[C@@H]1C2. The van der Waals surface area contributed by atoms with Crippen LogP contribution < -0.4 is 0 Å². The number of hydrogen-bond donors (Lipinski definition) is 0. The highest BCUT2D eigenvalue weighted by Crippen LogP contribution is 2.61. The second-order valence-electron chi connectivity index (χ2n) is 5.10. The first-order valence-electron chi connectivity index (χ1n) is 5.10. The maximum Gasteiger partial charge on any atom is 0.120 e. The summed E-state index contributed by atoms with van der Waals surface area (Å²) in [6.07, 6.45) is 5.98. The van der Waals surface area contributed by atoms with Crippen molar-refractivity contribution in [1.29, 1.82) is 0 Å². The Labute approximate surface area is 74.5 Å². The maximum absolute atomic E-state index is 10.4. The summed E-state index contributed by atoms with van der Waals surface area (Å²) in [6, 6.07) is 0. The predicted octanol–water partition coefficient (Wildman–Crippen LogP) is 2.65. The third-order valence-corrected chi connectivity index (χ3v) is 4.40. The molecule has 0 spiro atoms. The van der Waals surface area contributed by atoms with Gasteiger partial charge in [0.2, 0.25) is 0 Å². The first-order valence-corrected chi connectivity index (χ1v) is 5.10. The zero-order valence-electron chi connectivity index (χ0n) is 8.05. The van der Waals surface area contributed by atoms with Crippen molar-refractivity contribution in [2.24, 2.45) is 23.2 Å². The molecule has 0 radical (unpaired) electrons. The van der Waals surface area contributed by atoms with Crippen molar-refractivity contribution >= 4 is 6.29 Å². The highest BCUT2D eigenvalue weighted by molar-refractivity contribution is 5.50. The Morgan fingerprint density at radius 2 is 2.17 bits per heavy atom. The molecular formula is C11H18O. The van der Waals surface area contributed by atoms with Gasteiger partial charge in [-0.1, -0.05) is 13.8 Å². The molecule has 3 saturated carbocycles. The van der Waals surface area contributed by atoms with E-state index in [0.29, 0.717) is 11.3 Å². The molecule has 0 aromatic carbocycles. The fourth-order valence-electron chi connectivity index (χ4n) is 3.37. The molecule has 3 atom stereocenters. The highest BCUT2D eigenvalue weighted by Gasteiger charge is 2.53. The molecule has 3 fully saturated rings. The van der Waals surface area contributed by atoms with E-state index in [2.05, 4.69) is 13.8 Å². The number of fused-ring (bicyclic) bond motifs is 2. The van der Waals surface area contributed by atoms with E-state index in [1.165, 1.54) is 19.3 Å². The summed E-state index contributed by atoms with van der Waals surface area (Å²) in [5, 5.41) is 0. The van der Waals surface area contributed by atoms with Gasteiger partial charge in [-0.15, -0.1) is 0 Å². The van der Waals surface area contributed by atoms with Gasteiger partial charge in [-0.3, -0.25) is 0 Å². The van der Waals surface area contributed by atoms with Crippen molar-refractivity contribution < 1.29 is 4.79 Å². The zero-order chi connectivity index (χ0) is 8.77. The first kappa shape index (κ1) is 8.28. The van der Waals surface area contributed by atoms with E-state index in [-0.39, 0.29) is 0 Å². The third kappa shape index (κ3) is 0.949. The first-order chi connectivity index (χ1) is 5.66. The molecule has 3 aliphatic carbocycles. The van der Waals surface area contributed by atoms with Gasteiger partial charge in [-0.05, 0) is 42.4 Å². The van der Waals surface area contributed by atoms with Crippen LogP contribution in [-0.4, -0.2) is 6.29 Å². The standard InChI is InChI=1S/C11H18O/c1-11(2)9-4-3-8(5-6-12)10(11)7-9/h6,8-10H,3-5,7H2,1-2H3/t8-,9+,10+/m1/s1. The maximum atomic E-state index is 10.4. The minimum atomic E-state index is 0.548. The molecule has 3 rings (SSSR count). The lowest BCUT2D eigenvalue weighted by Gasteiger charge is -2.60. The minimum absolute atomic E-state index is 0.548. The van der Waals surface area contributed by atoms with E-state index in [1.807, 2.05) is 0 Å². The molecule has 0 unspecified atom stereocenters. The Morgan fingerprint density at radius 1 is 1.42 bits per heavy atom. The second kappa shape index (κ2) is 2.58. The van der Waals surface area contributed by atoms with E-state index >= 15 is 0 Å². The minimum Gasteiger partial charge on any atom is -0.303 e. The van der Waals surface area contributed by atoms with E-state index in [4.69, 9.17) is 0 Å². The summed E-state index contributed by atoms with van der Waals surface area (Å²) in [6.45, 7) is 4.76. The number of carbonyl (C=O) groups is 1. The summed E-state index contributed by atoms with van der Waals surface area (Å²) in [4.78, 5) is 10.4. The lowest BCUT2D eigenvalue weighted by Crippen LogP contribution is -2.52. The molecule has 0 N–H and O–H groups in total. The van der Waals surface area contributed by atoms with Crippen molar-refractivity contribution in [1.82, 2.24) is 0 Å². The van der Waals surface area contributed by atoms with Gasteiger partial charge in [0, 0.05) is 6.42 Å². The lowest BCUT2D eigenvalue weighted by molar-refractivity contribution is -0.122. The van der Waals surface area contributed by atoms with Crippen LogP contribution in [0, 0.1) is 23.2 Å². The van der Waals surface area contributed by atoms with Crippen molar-refractivity contribution in [2.75, 3.05) is 0 Å². The van der Waals surface area contributed by atoms with Gasteiger partial charge in [0.05, 0.1) is 0 Å². The third-order valence-electron chi connectivity index (χ3n) is 4.40. The van der Waals surface area contributed by atoms with Gasteiger partial charge in [-0.2, -0.15) is 0 Å². The highest BCUT2D eigenvalue weighted by atomic mass is 16.1. The molecule has 2 bridgehead atoms. The number of rotatable bonds is 2. The average molecular weight is 166 g/mol. The van der Waals surface area contributed by atoms with Gasteiger partial charge >= 0.3 is 0 Å². The number of aldehydes is 1. The zero-order valence-corrected chi connectivity index (χ0v) is 8.05. The summed E-state index contributed by atoms with van der Waals surface area (Å²) in [7, 11) is 0. The van der Waals surface area contributed by atoms with E-state index in [0.717, 1.165) is 24.5 Å². The quantitative estimate of drug-likeness (QED) is 0.576. The van der Waals surface area contributed by atoms with Gasteiger partial charge in [0.1, 0.15) is 6.29 Å². The van der Waals surface area contributed by atoms with E-state index < -0.39 is 0 Å². The fraction of sp³-hybridized carbons (Fsp3) is 0.909. The van der Waals surface area contributed by atoms with Crippen LogP contribution in [0.25, 0.3) is 0 Å². The Hall–Kier alpha value is -0.330. The molecule has 1 nitrogen and oxygen atoms in total. The van der Waals surface area contributed by atoms with Gasteiger partial charge < -0.3 is 4.79 Å². The van der Waals surface area contributed by atoms with Crippen LogP contribution in [0.5, 0.6) is 0 Å². The monoisotopic (exact) mass is 166 g/mol. The van der Waals surface area contributed by atoms with E-state index in [1.54, 1.807) is 0 Å². The molecular weight excluding hydrogens is 148 g/mol. The number of hydrogen-bond acceptors (Lipinski definition) is 1. The fourth-order valence-corrected chi connectivity index (χ4v) is 3.37. The smallest absolute Gasteiger partial charge is 0.120 e. The van der Waals surface area contributed by atoms with Gasteiger partial charge in [0.25, 0.3) is 0 Å². The van der Waals surface area contributed by atoms with Crippen molar-refractivity contribution in [3.63, 3.8) is 0 Å².